The number of aromatic amines is 1. The molecule has 3 aromatic carbocycles. The molecule has 0 saturated carbocycles. The quantitative estimate of drug-likeness (QED) is 0.341. The molecule has 0 bridgehead atoms. The molecule has 4 aromatic rings. The number of H-pyrrole nitrogens is 1. The summed E-state index contributed by atoms with van der Waals surface area (Å²) in [5.74, 6) is 1.23. The predicted octanol–water partition coefficient (Wildman–Crippen LogP) is 6.66. The summed E-state index contributed by atoms with van der Waals surface area (Å²) < 4.78 is 1.03. The van der Waals surface area contributed by atoms with Crippen LogP contribution in [0.2, 0.25) is 0 Å². The summed E-state index contributed by atoms with van der Waals surface area (Å²) in [6.45, 7) is 4.47. The fourth-order valence-corrected chi connectivity index (χ4v) is 4.15. The molecular formula is C27H25BrN2O. The second-order valence-electron chi connectivity index (χ2n) is 8.22. The van der Waals surface area contributed by atoms with Crippen molar-refractivity contribution in [1.29, 1.82) is 0 Å². The van der Waals surface area contributed by atoms with Crippen LogP contribution in [0.1, 0.15) is 30.7 Å². The Bertz CT molecular complexity index is 1230. The molecule has 0 fully saturated rings. The van der Waals surface area contributed by atoms with Gasteiger partial charge in [-0.15, -0.1) is 0 Å². The summed E-state index contributed by atoms with van der Waals surface area (Å²) in [6, 6.07) is 26.4. The van der Waals surface area contributed by atoms with E-state index >= 15 is 0 Å². The molecule has 156 valence electrons. The van der Waals surface area contributed by atoms with Gasteiger partial charge in [-0.25, -0.2) is 4.98 Å². The average molecular weight is 473 g/mol. The largest absolute Gasteiger partial charge is 0.307 e. The molecule has 0 aliphatic carbocycles. The number of hydrogen-bond donors (Lipinski definition) is 1. The standard InChI is InChI=1S/C27H25BrN2O/c1-18(2)14-19-8-10-20(11-9-19)25-16-23(28)13-12-22(25)15-24-17-26(31)30-27(29-24)21-6-4-3-5-7-21/h3-13,16-18H,14-15H2,1-2H3,(H,29,30,31). The third-order valence-electron chi connectivity index (χ3n) is 5.19. The molecule has 4 heteroatoms. The van der Waals surface area contributed by atoms with E-state index in [0.29, 0.717) is 18.2 Å². The molecule has 1 heterocycles. The summed E-state index contributed by atoms with van der Waals surface area (Å²) >= 11 is 3.61. The van der Waals surface area contributed by atoms with Crippen LogP contribution in [0.4, 0.5) is 0 Å². The predicted molar refractivity (Wildman–Crippen MR) is 131 cm³/mol. The Hall–Kier alpha value is -2.98. The molecule has 0 amide bonds. The van der Waals surface area contributed by atoms with E-state index in [1.807, 2.05) is 36.4 Å². The van der Waals surface area contributed by atoms with Gasteiger partial charge in [0, 0.05) is 22.5 Å². The summed E-state index contributed by atoms with van der Waals surface area (Å²) in [6.07, 6.45) is 1.66. The zero-order chi connectivity index (χ0) is 21.8. The van der Waals surface area contributed by atoms with E-state index in [1.165, 1.54) is 5.56 Å². The number of benzene rings is 3. The number of nitrogens with one attached hydrogen (secondary N) is 1. The lowest BCUT2D eigenvalue weighted by Gasteiger charge is -2.12. The van der Waals surface area contributed by atoms with E-state index in [9.17, 15) is 4.79 Å². The van der Waals surface area contributed by atoms with Crippen molar-refractivity contribution in [3.63, 3.8) is 0 Å². The molecule has 31 heavy (non-hydrogen) atoms. The highest BCUT2D eigenvalue weighted by Crippen LogP contribution is 2.29. The van der Waals surface area contributed by atoms with E-state index in [-0.39, 0.29) is 5.56 Å². The lowest BCUT2D eigenvalue weighted by molar-refractivity contribution is 0.647. The van der Waals surface area contributed by atoms with Gasteiger partial charge in [0.1, 0.15) is 5.82 Å². The molecule has 0 unspecified atom stereocenters. The fourth-order valence-electron chi connectivity index (χ4n) is 3.79. The Morgan fingerprint density at radius 3 is 2.35 bits per heavy atom. The SMILES string of the molecule is CC(C)Cc1ccc(-c2cc(Br)ccc2Cc2cc(=O)[nH]c(-c3ccccc3)n2)cc1. The molecule has 0 saturated heterocycles. The fraction of sp³-hybridized carbons (Fsp3) is 0.185. The van der Waals surface area contributed by atoms with Gasteiger partial charge in [-0.2, -0.15) is 0 Å². The highest BCUT2D eigenvalue weighted by atomic mass is 79.9. The van der Waals surface area contributed by atoms with E-state index in [4.69, 9.17) is 4.98 Å². The summed E-state index contributed by atoms with van der Waals surface area (Å²) in [5, 5.41) is 0. The first-order valence-corrected chi connectivity index (χ1v) is 11.3. The van der Waals surface area contributed by atoms with Crippen molar-refractivity contribution in [3.05, 3.63) is 111 Å². The lowest BCUT2D eigenvalue weighted by atomic mass is 9.94. The maximum atomic E-state index is 12.3. The van der Waals surface area contributed by atoms with Gasteiger partial charge in [-0.05, 0) is 46.7 Å². The van der Waals surface area contributed by atoms with E-state index in [1.54, 1.807) is 6.07 Å². The molecule has 0 aliphatic heterocycles. The molecule has 0 aliphatic rings. The maximum absolute atomic E-state index is 12.3. The normalized spacial score (nSPS) is 11.1. The van der Waals surface area contributed by atoms with Crippen molar-refractivity contribution in [1.82, 2.24) is 9.97 Å². The van der Waals surface area contributed by atoms with Crippen LogP contribution >= 0.6 is 15.9 Å². The minimum atomic E-state index is -0.138. The van der Waals surface area contributed by atoms with Crippen LogP contribution in [-0.4, -0.2) is 9.97 Å². The average Bonchev–Trinajstić information content (AvgIpc) is 2.75. The second-order valence-corrected chi connectivity index (χ2v) is 9.14. The van der Waals surface area contributed by atoms with Gasteiger partial charge in [0.15, 0.2) is 0 Å². The molecule has 1 N–H and O–H groups in total. The molecule has 4 rings (SSSR count). The highest BCUT2D eigenvalue weighted by molar-refractivity contribution is 9.10. The third-order valence-corrected chi connectivity index (χ3v) is 5.69. The Labute approximate surface area is 191 Å². The van der Waals surface area contributed by atoms with Crippen molar-refractivity contribution in [2.24, 2.45) is 5.92 Å². The van der Waals surface area contributed by atoms with Crippen LogP contribution in [-0.2, 0) is 12.8 Å². The first kappa shape index (κ1) is 21.3. The first-order chi connectivity index (χ1) is 15.0. The molecule has 0 spiro atoms. The van der Waals surface area contributed by atoms with Gasteiger partial charge < -0.3 is 4.98 Å². The van der Waals surface area contributed by atoms with Gasteiger partial charge in [-0.3, -0.25) is 4.79 Å². The summed E-state index contributed by atoms with van der Waals surface area (Å²) in [7, 11) is 0. The molecule has 0 radical (unpaired) electrons. The Morgan fingerprint density at radius 1 is 0.903 bits per heavy atom. The van der Waals surface area contributed by atoms with Gasteiger partial charge in [0.2, 0.25) is 0 Å². The molecule has 1 aromatic heterocycles. The van der Waals surface area contributed by atoms with Gasteiger partial charge >= 0.3 is 0 Å². The van der Waals surface area contributed by atoms with Crippen molar-refractivity contribution in [3.8, 4) is 22.5 Å². The lowest BCUT2D eigenvalue weighted by Crippen LogP contribution is -2.11. The van der Waals surface area contributed by atoms with Gasteiger partial charge in [-0.1, -0.05) is 90.4 Å². The van der Waals surface area contributed by atoms with Crippen molar-refractivity contribution < 1.29 is 0 Å². The van der Waals surface area contributed by atoms with Crippen molar-refractivity contribution in [2.45, 2.75) is 26.7 Å². The van der Waals surface area contributed by atoms with Gasteiger partial charge in [0.25, 0.3) is 5.56 Å². The summed E-state index contributed by atoms with van der Waals surface area (Å²) in [5.41, 5.74) is 6.31. The van der Waals surface area contributed by atoms with Crippen LogP contribution in [0.25, 0.3) is 22.5 Å². The highest BCUT2D eigenvalue weighted by Gasteiger charge is 2.11. The maximum Gasteiger partial charge on any atom is 0.251 e. The minimum Gasteiger partial charge on any atom is -0.307 e. The van der Waals surface area contributed by atoms with E-state index in [0.717, 1.165) is 38.8 Å². The molecule has 0 atom stereocenters. The smallest absolute Gasteiger partial charge is 0.251 e. The van der Waals surface area contributed by atoms with Crippen LogP contribution in [0, 0.1) is 5.92 Å². The zero-order valence-electron chi connectivity index (χ0n) is 17.7. The van der Waals surface area contributed by atoms with Crippen LogP contribution in [0.15, 0.2) is 88.1 Å². The monoisotopic (exact) mass is 472 g/mol. The summed E-state index contributed by atoms with van der Waals surface area (Å²) in [4.78, 5) is 19.9. The second kappa shape index (κ2) is 9.44. The third kappa shape index (κ3) is 5.39. The minimum absolute atomic E-state index is 0.138. The number of halogens is 1. The van der Waals surface area contributed by atoms with Crippen LogP contribution < -0.4 is 5.56 Å². The molecule has 3 nitrogen and oxygen atoms in total. The first-order valence-electron chi connectivity index (χ1n) is 10.5. The Morgan fingerprint density at radius 2 is 1.65 bits per heavy atom. The number of hydrogen-bond acceptors (Lipinski definition) is 2. The van der Waals surface area contributed by atoms with E-state index in [2.05, 4.69) is 71.2 Å². The Kier molecular flexibility index (Phi) is 6.47. The Balaban J connectivity index is 1.69. The number of rotatable bonds is 6. The number of nitrogens with zero attached hydrogens (tertiary/aromatic N) is 1. The topological polar surface area (TPSA) is 45.8 Å². The number of aromatic nitrogens is 2. The van der Waals surface area contributed by atoms with Crippen molar-refractivity contribution >= 4 is 15.9 Å². The van der Waals surface area contributed by atoms with Crippen molar-refractivity contribution in [2.75, 3.05) is 0 Å². The van der Waals surface area contributed by atoms with Crippen LogP contribution in [0.3, 0.4) is 0 Å². The molecular weight excluding hydrogens is 448 g/mol. The van der Waals surface area contributed by atoms with Crippen LogP contribution in [0.5, 0.6) is 0 Å². The zero-order valence-corrected chi connectivity index (χ0v) is 19.3. The van der Waals surface area contributed by atoms with E-state index < -0.39 is 0 Å². The van der Waals surface area contributed by atoms with Gasteiger partial charge in [0.05, 0.1) is 5.69 Å².